The van der Waals surface area contributed by atoms with Gasteiger partial charge in [0.25, 0.3) is 5.91 Å². The summed E-state index contributed by atoms with van der Waals surface area (Å²) < 4.78 is 2.11. The van der Waals surface area contributed by atoms with E-state index in [2.05, 4.69) is 9.47 Å². The zero-order valence-electron chi connectivity index (χ0n) is 20.7. The fraction of sp³-hybridized carbons (Fsp3) is 0.786. The number of nitrogens with zero attached hydrogens (tertiary/aromatic N) is 3. The Kier molecular flexibility index (Phi) is 5.47. The first-order valence-corrected chi connectivity index (χ1v) is 13.7. The van der Waals surface area contributed by atoms with Crippen molar-refractivity contribution in [3.05, 3.63) is 33.2 Å². The number of carbonyl (C=O) groups excluding carboxylic acids is 1. The molecule has 6 fully saturated rings. The first-order chi connectivity index (χ1) is 15.9. The minimum Gasteiger partial charge on any atom is -0.351 e. The molecule has 4 bridgehead atoms. The normalized spacial score (nSPS) is 34.4. The van der Waals surface area contributed by atoms with Gasteiger partial charge in [0.1, 0.15) is 5.56 Å². The number of rotatable bonds is 4. The number of carbonyl (C=O) groups is 1. The lowest BCUT2D eigenvalue weighted by molar-refractivity contribution is -0.0987. The average molecular weight is 452 g/mol. The molecule has 5 saturated carbocycles. The molecule has 1 saturated heterocycles. The van der Waals surface area contributed by atoms with Gasteiger partial charge in [-0.3, -0.25) is 14.5 Å². The summed E-state index contributed by atoms with van der Waals surface area (Å²) in [6.07, 6.45) is 14.4. The van der Waals surface area contributed by atoms with Gasteiger partial charge in [-0.2, -0.15) is 0 Å². The van der Waals surface area contributed by atoms with Crippen LogP contribution in [0.15, 0.2) is 10.9 Å². The fourth-order valence-corrected chi connectivity index (χ4v) is 8.83. The highest BCUT2D eigenvalue weighted by Crippen LogP contribution is 2.57. The van der Waals surface area contributed by atoms with E-state index < -0.39 is 0 Å². The molecule has 1 amide bonds. The second-order valence-corrected chi connectivity index (χ2v) is 12.3. The molecule has 1 aliphatic heterocycles. The highest BCUT2D eigenvalue weighted by molar-refractivity contribution is 5.95. The van der Waals surface area contributed by atoms with Crippen molar-refractivity contribution in [1.29, 1.82) is 0 Å². The minimum absolute atomic E-state index is 0.0197. The maximum atomic E-state index is 13.7. The van der Waals surface area contributed by atoms with Gasteiger partial charge in [0.05, 0.1) is 0 Å². The summed E-state index contributed by atoms with van der Waals surface area (Å²) in [5.41, 5.74) is 2.72. The van der Waals surface area contributed by atoms with Crippen LogP contribution >= 0.6 is 0 Å². The topological polar surface area (TPSA) is 45.6 Å². The second kappa shape index (κ2) is 8.25. The molecule has 0 aromatic carbocycles. The van der Waals surface area contributed by atoms with Gasteiger partial charge in [-0.1, -0.05) is 25.7 Å². The fourth-order valence-electron chi connectivity index (χ4n) is 8.83. The van der Waals surface area contributed by atoms with Gasteiger partial charge in [0.2, 0.25) is 0 Å². The molecule has 5 aliphatic carbocycles. The van der Waals surface area contributed by atoms with Crippen molar-refractivity contribution in [2.75, 3.05) is 26.2 Å². The predicted molar refractivity (Wildman–Crippen MR) is 130 cm³/mol. The maximum Gasteiger partial charge on any atom is 0.259 e. The predicted octanol–water partition coefficient (Wildman–Crippen LogP) is 4.15. The summed E-state index contributed by atoms with van der Waals surface area (Å²) in [4.78, 5) is 31.6. The summed E-state index contributed by atoms with van der Waals surface area (Å²) in [6.45, 7) is 5.46. The second-order valence-electron chi connectivity index (χ2n) is 12.3. The smallest absolute Gasteiger partial charge is 0.259 e. The number of hydrogen-bond acceptors (Lipinski definition) is 3. The Morgan fingerprint density at radius 2 is 1.55 bits per heavy atom. The van der Waals surface area contributed by atoms with Gasteiger partial charge in [-0.05, 0) is 75.5 Å². The van der Waals surface area contributed by atoms with Crippen molar-refractivity contribution < 1.29 is 4.79 Å². The molecular weight excluding hydrogens is 410 g/mol. The van der Waals surface area contributed by atoms with Crippen molar-refractivity contribution in [3.8, 4) is 0 Å². The van der Waals surface area contributed by atoms with Crippen LogP contribution in [0.4, 0.5) is 0 Å². The molecule has 1 aromatic rings. The lowest BCUT2D eigenvalue weighted by atomic mass is 9.52. The van der Waals surface area contributed by atoms with Gasteiger partial charge in [0.15, 0.2) is 5.43 Å². The Bertz CT molecular complexity index is 946. The summed E-state index contributed by atoms with van der Waals surface area (Å²) in [5, 5.41) is 0. The molecule has 33 heavy (non-hydrogen) atoms. The molecule has 0 unspecified atom stereocenters. The van der Waals surface area contributed by atoms with Gasteiger partial charge in [-0.25, -0.2) is 0 Å². The number of pyridine rings is 1. The van der Waals surface area contributed by atoms with E-state index in [1.54, 1.807) is 6.07 Å². The Balaban J connectivity index is 1.20. The molecule has 180 valence electrons. The molecule has 2 heterocycles. The summed E-state index contributed by atoms with van der Waals surface area (Å²) in [5.74, 6) is 3.43. The summed E-state index contributed by atoms with van der Waals surface area (Å²) in [7, 11) is 2.03. The summed E-state index contributed by atoms with van der Waals surface area (Å²) >= 11 is 0. The van der Waals surface area contributed by atoms with E-state index in [0.29, 0.717) is 17.0 Å². The van der Waals surface area contributed by atoms with Crippen LogP contribution in [0.1, 0.15) is 86.0 Å². The summed E-state index contributed by atoms with van der Waals surface area (Å²) in [6, 6.07) is 1.66. The van der Waals surface area contributed by atoms with E-state index in [1.807, 2.05) is 18.9 Å². The number of aryl methyl sites for hydroxylation is 1. The van der Waals surface area contributed by atoms with E-state index in [1.165, 1.54) is 64.2 Å². The van der Waals surface area contributed by atoms with Crippen molar-refractivity contribution in [2.45, 2.75) is 83.1 Å². The van der Waals surface area contributed by atoms with Gasteiger partial charge in [0, 0.05) is 56.2 Å². The standard InChI is InChI=1S/C28H41N3O2/c1-19-11-25(32)26(24(29(19)2)15-20-5-3-4-6-20)27(33)30-7-9-31(10-8-30)28-16-21-12-22(17-28)14-23(13-21)18-28/h11,20-23H,3-10,12-18H2,1-2H3. The SMILES string of the molecule is Cc1cc(=O)c(C(=O)N2CCN(C34CC5CC(CC(C5)C3)C4)CC2)c(CC2CCCC2)n1C. The Morgan fingerprint density at radius 3 is 2.12 bits per heavy atom. The van der Waals surface area contributed by atoms with Gasteiger partial charge >= 0.3 is 0 Å². The number of amides is 1. The molecule has 0 radical (unpaired) electrons. The Hall–Kier alpha value is -1.62. The first-order valence-electron chi connectivity index (χ1n) is 13.7. The van der Waals surface area contributed by atoms with Crippen molar-refractivity contribution in [2.24, 2.45) is 30.7 Å². The lowest BCUT2D eigenvalue weighted by Gasteiger charge is -2.61. The highest BCUT2D eigenvalue weighted by Gasteiger charge is 2.53. The molecular formula is C28H41N3O2. The first kappa shape index (κ1) is 21.9. The molecule has 0 atom stereocenters. The molecule has 0 spiro atoms. The zero-order chi connectivity index (χ0) is 22.7. The largest absolute Gasteiger partial charge is 0.351 e. The van der Waals surface area contributed by atoms with Crippen LogP contribution in [0.5, 0.6) is 0 Å². The quantitative estimate of drug-likeness (QED) is 0.691. The number of hydrogen-bond donors (Lipinski definition) is 0. The third-order valence-corrected chi connectivity index (χ3v) is 10.2. The van der Waals surface area contributed by atoms with Crippen LogP contribution in [-0.4, -0.2) is 52.0 Å². The van der Waals surface area contributed by atoms with Crippen molar-refractivity contribution in [1.82, 2.24) is 14.4 Å². The third-order valence-electron chi connectivity index (χ3n) is 10.2. The lowest BCUT2D eigenvalue weighted by Crippen LogP contribution is -2.64. The van der Waals surface area contributed by atoms with Crippen molar-refractivity contribution in [3.63, 3.8) is 0 Å². The zero-order valence-corrected chi connectivity index (χ0v) is 20.7. The molecule has 7 rings (SSSR count). The van der Waals surface area contributed by atoms with Gasteiger partial charge < -0.3 is 9.47 Å². The molecule has 0 N–H and O–H groups in total. The minimum atomic E-state index is -0.0767. The molecule has 6 aliphatic rings. The monoisotopic (exact) mass is 451 g/mol. The number of aromatic nitrogens is 1. The number of piperazine rings is 1. The van der Waals surface area contributed by atoms with Crippen molar-refractivity contribution >= 4 is 5.91 Å². The van der Waals surface area contributed by atoms with Crippen LogP contribution in [0.2, 0.25) is 0 Å². The average Bonchev–Trinajstić information content (AvgIpc) is 3.29. The van der Waals surface area contributed by atoms with E-state index in [0.717, 1.165) is 61.7 Å². The molecule has 5 heteroatoms. The van der Waals surface area contributed by atoms with Gasteiger partial charge in [-0.15, -0.1) is 0 Å². The van der Waals surface area contributed by atoms with E-state index >= 15 is 0 Å². The van der Waals surface area contributed by atoms with Crippen LogP contribution in [-0.2, 0) is 13.5 Å². The van der Waals surface area contributed by atoms with Crippen LogP contribution < -0.4 is 5.43 Å². The van der Waals surface area contributed by atoms with E-state index in [9.17, 15) is 9.59 Å². The van der Waals surface area contributed by atoms with Crippen LogP contribution in [0, 0.1) is 30.6 Å². The third kappa shape index (κ3) is 3.79. The van der Waals surface area contributed by atoms with Crippen LogP contribution in [0.3, 0.4) is 0 Å². The highest BCUT2D eigenvalue weighted by atomic mass is 16.2. The maximum absolute atomic E-state index is 13.7. The molecule has 5 nitrogen and oxygen atoms in total. The Labute approximate surface area is 198 Å². The van der Waals surface area contributed by atoms with Crippen LogP contribution in [0.25, 0.3) is 0 Å². The van der Waals surface area contributed by atoms with E-state index in [-0.39, 0.29) is 11.3 Å². The Morgan fingerprint density at radius 1 is 0.970 bits per heavy atom. The molecule has 1 aromatic heterocycles. The van der Waals surface area contributed by atoms with E-state index in [4.69, 9.17) is 0 Å².